The van der Waals surface area contributed by atoms with E-state index in [0.717, 1.165) is 25.7 Å². The maximum atomic E-state index is 12.9. The third-order valence-electron chi connectivity index (χ3n) is 4.69. The van der Waals surface area contributed by atoms with Crippen molar-refractivity contribution in [3.05, 3.63) is 70.2 Å². The van der Waals surface area contributed by atoms with Gasteiger partial charge in [0.2, 0.25) is 0 Å². The monoisotopic (exact) mass is 411 g/mol. The number of carbonyl (C=O) groups excluding carboxylic acids is 1. The second-order valence-electron chi connectivity index (χ2n) is 6.72. The van der Waals surface area contributed by atoms with E-state index in [2.05, 4.69) is 22.3 Å². The molecular weight excluding hydrogens is 391 g/mol. The van der Waals surface area contributed by atoms with Crippen molar-refractivity contribution in [1.82, 2.24) is 15.1 Å². The first-order valence-corrected chi connectivity index (χ1v) is 9.35. The van der Waals surface area contributed by atoms with Crippen LogP contribution in [-0.2, 0) is 19.3 Å². The maximum absolute atomic E-state index is 12.9. The highest BCUT2D eigenvalue weighted by Crippen LogP contribution is 2.35. The summed E-state index contributed by atoms with van der Waals surface area (Å²) in [5, 5.41) is 2.34. The van der Waals surface area contributed by atoms with Gasteiger partial charge in [-0.05, 0) is 23.3 Å². The average molecular weight is 412 g/mol. The molecule has 3 rings (SSSR count). The van der Waals surface area contributed by atoms with Crippen LogP contribution in [0, 0.1) is 0 Å². The fraction of sp³-hybridized carbons (Fsp3) is 0.350. The van der Waals surface area contributed by atoms with Crippen LogP contribution < -0.4 is 5.32 Å². The highest BCUT2D eigenvalue weighted by molar-refractivity contribution is 6.31. The molecule has 1 aliphatic rings. The summed E-state index contributed by atoms with van der Waals surface area (Å²) in [4.78, 5) is 16.3. The molecule has 1 heterocycles. The van der Waals surface area contributed by atoms with Gasteiger partial charge < -0.3 is 10.2 Å². The molecule has 8 heteroatoms. The smallest absolute Gasteiger partial charge is 0.334 e. The van der Waals surface area contributed by atoms with Crippen LogP contribution in [-0.4, -0.2) is 42.0 Å². The van der Waals surface area contributed by atoms with E-state index in [-0.39, 0.29) is 17.6 Å². The molecule has 0 bridgehead atoms. The minimum atomic E-state index is -4.52. The van der Waals surface area contributed by atoms with Crippen molar-refractivity contribution in [2.45, 2.75) is 19.3 Å². The fourth-order valence-electron chi connectivity index (χ4n) is 3.14. The molecule has 1 aliphatic heterocycles. The quantitative estimate of drug-likeness (QED) is 0.810. The first-order valence-electron chi connectivity index (χ1n) is 8.97. The Kier molecular flexibility index (Phi) is 6.46. The van der Waals surface area contributed by atoms with Crippen molar-refractivity contribution in [2.75, 3.05) is 26.2 Å². The lowest BCUT2D eigenvalue weighted by atomic mass is 10.1. The van der Waals surface area contributed by atoms with Crippen molar-refractivity contribution < 1.29 is 18.0 Å². The van der Waals surface area contributed by atoms with E-state index >= 15 is 0 Å². The summed E-state index contributed by atoms with van der Waals surface area (Å²) in [5.74, 6) is 0. The highest BCUT2D eigenvalue weighted by Gasteiger charge is 2.33. The predicted molar refractivity (Wildman–Crippen MR) is 102 cm³/mol. The van der Waals surface area contributed by atoms with Crippen LogP contribution in [0.25, 0.3) is 0 Å². The molecule has 2 aromatic carbocycles. The molecule has 4 nitrogen and oxygen atoms in total. The van der Waals surface area contributed by atoms with E-state index < -0.39 is 11.7 Å². The topological polar surface area (TPSA) is 35.6 Å². The van der Waals surface area contributed by atoms with Crippen molar-refractivity contribution in [3.8, 4) is 0 Å². The number of nitrogens with zero attached hydrogens (tertiary/aromatic N) is 2. The Morgan fingerprint density at radius 2 is 1.68 bits per heavy atom. The molecule has 2 aromatic rings. The molecule has 28 heavy (non-hydrogen) atoms. The minimum Gasteiger partial charge on any atom is -0.334 e. The van der Waals surface area contributed by atoms with Crippen molar-refractivity contribution in [2.24, 2.45) is 0 Å². The number of alkyl halides is 3. The van der Waals surface area contributed by atoms with Crippen LogP contribution in [0.1, 0.15) is 16.7 Å². The third kappa shape index (κ3) is 5.39. The summed E-state index contributed by atoms with van der Waals surface area (Å²) in [7, 11) is 0. The highest BCUT2D eigenvalue weighted by atomic mass is 35.5. The Hall–Kier alpha value is -2.25. The van der Waals surface area contributed by atoms with Gasteiger partial charge in [0.15, 0.2) is 0 Å². The lowest BCUT2D eigenvalue weighted by Crippen LogP contribution is -2.51. The number of piperazine rings is 1. The fourth-order valence-corrected chi connectivity index (χ4v) is 3.36. The van der Waals surface area contributed by atoms with Gasteiger partial charge >= 0.3 is 12.2 Å². The summed E-state index contributed by atoms with van der Waals surface area (Å²) in [6.45, 7) is 3.51. The standard InChI is InChI=1S/C20H21ClF3N3O/c21-18-7-6-16(12-17(18)20(22,23)24)13-25-19(28)27-10-8-26(9-11-27)14-15-4-2-1-3-5-15/h1-7,12H,8-11,13-14H2,(H,25,28). The second kappa shape index (κ2) is 8.84. The first-order chi connectivity index (χ1) is 13.3. The van der Waals surface area contributed by atoms with Gasteiger partial charge in [0, 0.05) is 39.3 Å². The van der Waals surface area contributed by atoms with Crippen LogP contribution in [0.15, 0.2) is 48.5 Å². The Labute approximate surface area is 166 Å². The zero-order chi connectivity index (χ0) is 20.1. The number of amides is 2. The van der Waals surface area contributed by atoms with Crippen LogP contribution >= 0.6 is 11.6 Å². The minimum absolute atomic E-state index is 0.0172. The molecule has 0 aromatic heterocycles. The summed E-state index contributed by atoms with van der Waals surface area (Å²) < 4.78 is 38.8. The summed E-state index contributed by atoms with van der Waals surface area (Å²) >= 11 is 5.62. The Morgan fingerprint density at radius 3 is 2.32 bits per heavy atom. The van der Waals surface area contributed by atoms with Gasteiger partial charge in [-0.25, -0.2) is 4.79 Å². The Bertz CT molecular complexity index is 806. The molecule has 0 unspecified atom stereocenters. The third-order valence-corrected chi connectivity index (χ3v) is 5.02. The van der Waals surface area contributed by atoms with E-state index in [1.807, 2.05) is 18.2 Å². The van der Waals surface area contributed by atoms with Crippen LogP contribution in [0.3, 0.4) is 0 Å². The van der Waals surface area contributed by atoms with Crippen LogP contribution in [0.4, 0.5) is 18.0 Å². The number of hydrogen-bond donors (Lipinski definition) is 1. The summed E-state index contributed by atoms with van der Waals surface area (Å²) in [5.41, 5.74) is 0.687. The molecule has 1 N–H and O–H groups in total. The van der Waals surface area contributed by atoms with Gasteiger partial charge in [-0.2, -0.15) is 13.2 Å². The van der Waals surface area contributed by atoms with Gasteiger partial charge in [0.05, 0.1) is 10.6 Å². The van der Waals surface area contributed by atoms with Crippen LogP contribution in [0.5, 0.6) is 0 Å². The zero-order valence-electron chi connectivity index (χ0n) is 15.2. The number of hydrogen-bond acceptors (Lipinski definition) is 2. The number of rotatable bonds is 4. The van der Waals surface area contributed by atoms with Crippen LogP contribution in [0.2, 0.25) is 5.02 Å². The van der Waals surface area contributed by atoms with Crippen molar-refractivity contribution in [3.63, 3.8) is 0 Å². The first kappa shape index (κ1) is 20.5. The molecule has 1 fully saturated rings. The van der Waals surface area contributed by atoms with E-state index in [1.165, 1.54) is 17.7 Å². The number of carbonyl (C=O) groups is 1. The number of halogens is 4. The van der Waals surface area contributed by atoms with Gasteiger partial charge in [0.1, 0.15) is 0 Å². The average Bonchev–Trinajstić information content (AvgIpc) is 2.67. The van der Waals surface area contributed by atoms with Gasteiger partial charge in [-0.1, -0.05) is 48.0 Å². The molecule has 0 radical (unpaired) electrons. The predicted octanol–water partition coefficient (Wildman–Crippen LogP) is 4.39. The lowest BCUT2D eigenvalue weighted by Gasteiger charge is -2.34. The number of benzene rings is 2. The Balaban J connectivity index is 1.49. The Morgan fingerprint density at radius 1 is 1.00 bits per heavy atom. The van der Waals surface area contributed by atoms with Gasteiger partial charge in [-0.3, -0.25) is 4.90 Å². The maximum Gasteiger partial charge on any atom is 0.417 e. The SMILES string of the molecule is O=C(NCc1ccc(Cl)c(C(F)(F)F)c1)N1CCN(Cc2ccccc2)CC1. The molecule has 2 amide bonds. The molecule has 150 valence electrons. The van der Waals surface area contributed by atoms with E-state index in [4.69, 9.17) is 11.6 Å². The number of nitrogens with one attached hydrogen (secondary N) is 1. The molecule has 0 aliphatic carbocycles. The van der Waals surface area contributed by atoms with Crippen molar-refractivity contribution >= 4 is 17.6 Å². The summed E-state index contributed by atoms with van der Waals surface area (Å²) in [6, 6.07) is 13.5. The van der Waals surface area contributed by atoms with Gasteiger partial charge in [0.25, 0.3) is 0 Å². The molecule has 1 saturated heterocycles. The molecule has 0 spiro atoms. The number of urea groups is 1. The summed E-state index contributed by atoms with van der Waals surface area (Å²) in [6.07, 6.45) is -4.52. The van der Waals surface area contributed by atoms with Gasteiger partial charge in [-0.15, -0.1) is 0 Å². The van der Waals surface area contributed by atoms with E-state index in [9.17, 15) is 18.0 Å². The largest absolute Gasteiger partial charge is 0.417 e. The van der Waals surface area contributed by atoms with E-state index in [1.54, 1.807) is 4.90 Å². The molecule has 0 saturated carbocycles. The molecule has 0 atom stereocenters. The normalized spacial score (nSPS) is 15.5. The zero-order valence-corrected chi connectivity index (χ0v) is 15.9. The van der Waals surface area contributed by atoms with Crippen molar-refractivity contribution in [1.29, 1.82) is 0 Å². The second-order valence-corrected chi connectivity index (χ2v) is 7.13. The van der Waals surface area contributed by atoms with E-state index in [0.29, 0.717) is 18.7 Å². The lowest BCUT2D eigenvalue weighted by molar-refractivity contribution is -0.137. The molecular formula is C20H21ClF3N3O.